The van der Waals surface area contributed by atoms with Gasteiger partial charge in [-0.3, -0.25) is 9.13 Å². The molecule has 0 bridgehead atoms. The number of para-hydroxylation sites is 3. The quantitative estimate of drug-likeness (QED) is 0.0700. The monoisotopic (exact) mass is 862 g/mol. The number of aryl methyl sites for hydroxylation is 6. The van der Waals surface area contributed by atoms with Gasteiger partial charge in [0.05, 0.1) is 0 Å². The second-order valence-corrected chi connectivity index (χ2v) is 19.5. The van der Waals surface area contributed by atoms with Crippen molar-refractivity contribution in [1.29, 1.82) is 0 Å². The van der Waals surface area contributed by atoms with Crippen molar-refractivity contribution in [1.82, 2.24) is 0 Å². The van der Waals surface area contributed by atoms with E-state index in [0.29, 0.717) is 54.1 Å². The zero-order chi connectivity index (χ0) is 43.0. The summed E-state index contributed by atoms with van der Waals surface area (Å²) in [5.41, 5.74) is 5.16. The van der Waals surface area contributed by atoms with Crippen LogP contribution in [0.3, 0.4) is 0 Å². The molecule has 0 aliphatic carbocycles. The van der Waals surface area contributed by atoms with Crippen LogP contribution in [0.2, 0.25) is 0 Å². The second-order valence-electron chi connectivity index (χ2n) is 14.7. The Kier molecular flexibility index (Phi) is 15.1. The number of hydrogen-bond donors (Lipinski definition) is 0. The molecular formula is C46H57O10P3. The third-order valence-electron chi connectivity index (χ3n) is 10.5. The van der Waals surface area contributed by atoms with Crippen molar-refractivity contribution in [3.8, 4) is 40.2 Å². The summed E-state index contributed by atoms with van der Waals surface area (Å²) in [6.45, 7) is 19.2. The third-order valence-corrected chi connectivity index (χ3v) is 15.7. The summed E-state index contributed by atoms with van der Waals surface area (Å²) in [7, 11) is -10.3. The molecular weight excluding hydrogens is 805 g/mol. The van der Waals surface area contributed by atoms with E-state index in [1.165, 1.54) is 12.1 Å². The van der Waals surface area contributed by atoms with E-state index in [9.17, 15) is 13.7 Å². The van der Waals surface area contributed by atoms with Gasteiger partial charge in [-0.05, 0) is 125 Å². The lowest BCUT2D eigenvalue weighted by Crippen LogP contribution is -2.32. The van der Waals surface area contributed by atoms with Crippen molar-refractivity contribution >= 4 is 23.9 Å². The molecule has 0 fully saturated rings. The molecule has 0 aliphatic heterocycles. The minimum Gasteiger partial charge on any atom is -0.476 e. The van der Waals surface area contributed by atoms with Crippen LogP contribution in [-0.4, -0.2) is 10.7 Å². The molecule has 5 aromatic rings. The van der Waals surface area contributed by atoms with Gasteiger partial charge in [0.25, 0.3) is 16.1 Å². The number of phosphoric ester groups is 1. The van der Waals surface area contributed by atoms with Crippen LogP contribution in [0.25, 0.3) is 0 Å². The van der Waals surface area contributed by atoms with Crippen molar-refractivity contribution in [2.24, 2.45) is 0 Å². The van der Waals surface area contributed by atoms with Crippen LogP contribution in [0, 0.1) is 41.5 Å². The predicted octanol–water partition coefficient (Wildman–Crippen LogP) is 14.1. The van der Waals surface area contributed by atoms with Crippen molar-refractivity contribution in [2.75, 3.05) is 0 Å². The summed E-state index contributed by atoms with van der Waals surface area (Å²) in [6.07, 6.45) is 1.75. The molecule has 0 heterocycles. The summed E-state index contributed by atoms with van der Waals surface area (Å²) in [5.74, 6) is 2.29. The van der Waals surface area contributed by atoms with E-state index in [1.807, 2.05) is 124 Å². The van der Waals surface area contributed by atoms with Gasteiger partial charge in [0, 0.05) is 12.1 Å². The third kappa shape index (κ3) is 10.8. The molecule has 59 heavy (non-hydrogen) atoms. The highest BCUT2D eigenvalue weighted by Crippen LogP contribution is 2.54. The van der Waals surface area contributed by atoms with Crippen LogP contribution < -0.4 is 32.1 Å². The summed E-state index contributed by atoms with van der Waals surface area (Å²) in [5, 5.41) is -2.17. The topological polar surface area (TPSA) is 116 Å². The Hall–Kier alpha value is -4.61. The van der Waals surface area contributed by atoms with Gasteiger partial charge in [0.2, 0.25) is 0 Å². The predicted molar refractivity (Wildman–Crippen MR) is 237 cm³/mol. The summed E-state index contributed by atoms with van der Waals surface area (Å²) >= 11 is 0. The molecule has 5 rings (SSSR count). The number of hydrogen-bond acceptors (Lipinski definition) is 10. The fraction of sp³-hybridized carbons (Fsp3) is 0.348. The number of phosphoric acid groups is 1. The first kappa shape index (κ1) is 45.5. The van der Waals surface area contributed by atoms with Gasteiger partial charge in [0.15, 0.2) is 10.7 Å². The molecule has 0 amide bonds. The smallest absolute Gasteiger partial charge is 0.476 e. The van der Waals surface area contributed by atoms with Crippen LogP contribution in [0.5, 0.6) is 40.2 Å². The second kappa shape index (κ2) is 19.6. The van der Waals surface area contributed by atoms with E-state index < -0.39 is 34.6 Å². The van der Waals surface area contributed by atoms with Gasteiger partial charge in [-0.15, -0.1) is 0 Å². The molecule has 0 saturated carbocycles. The van der Waals surface area contributed by atoms with E-state index in [-0.39, 0.29) is 23.0 Å². The summed E-state index contributed by atoms with van der Waals surface area (Å²) in [6, 6.07) is 29.9. The number of benzene rings is 5. The van der Waals surface area contributed by atoms with E-state index in [2.05, 4.69) is 0 Å². The van der Waals surface area contributed by atoms with E-state index in [1.54, 1.807) is 36.4 Å². The Morgan fingerprint density at radius 1 is 0.441 bits per heavy atom. The molecule has 0 aliphatic rings. The molecule has 0 N–H and O–H groups in total. The van der Waals surface area contributed by atoms with E-state index in [0.717, 1.165) is 22.3 Å². The lowest BCUT2D eigenvalue weighted by molar-refractivity contribution is 0.133. The molecule has 2 atom stereocenters. The van der Waals surface area contributed by atoms with Crippen LogP contribution in [-0.2, 0) is 13.7 Å². The molecule has 2 unspecified atom stereocenters. The van der Waals surface area contributed by atoms with Crippen LogP contribution in [0.4, 0.5) is 0 Å². The van der Waals surface area contributed by atoms with E-state index >= 15 is 0 Å². The molecule has 13 heteroatoms. The maximum absolute atomic E-state index is 14.8. The SMILES string of the molecule is CCC(CC)(Oc1c(C)cccc1C)[PH](=O)Oc1cccc(OP(=O)(Oc2cccc(O[PH](=O)C(CC)(CC)Oc3c(C)cccc3C)c2)Oc2c(C)cccc2C)c1. The zero-order valence-electron chi connectivity index (χ0n) is 35.7. The molecule has 0 spiro atoms. The van der Waals surface area contributed by atoms with Crippen LogP contribution >= 0.6 is 23.9 Å². The van der Waals surface area contributed by atoms with Crippen molar-refractivity contribution in [2.45, 2.75) is 106 Å². The Morgan fingerprint density at radius 3 is 1.05 bits per heavy atom. The van der Waals surface area contributed by atoms with Gasteiger partial charge in [-0.2, -0.15) is 4.57 Å². The summed E-state index contributed by atoms with van der Waals surface area (Å²) in [4.78, 5) is 0. The lowest BCUT2D eigenvalue weighted by atomic mass is 10.1. The molecule has 10 nitrogen and oxygen atoms in total. The van der Waals surface area contributed by atoms with Gasteiger partial charge in [-0.25, -0.2) is 0 Å². The average Bonchev–Trinajstić information content (AvgIpc) is 3.20. The Balaban J connectivity index is 1.42. The lowest BCUT2D eigenvalue weighted by Gasteiger charge is -2.33. The standard InChI is InChI=1S/C46H57O10P3/c1-11-45(12-2,50-42-32(5)20-15-21-33(42)6)57(47)52-38-26-18-28-40(30-38)54-59(49,56-44-36(9)24-17-25-37(44)10)55-41-29-19-27-39(31-41)53-58(48)46(13-3,14-4)51-43-34(7)22-16-23-35(43)8/h15-31,57-58H,11-14H2,1-10H3. The first-order valence-electron chi connectivity index (χ1n) is 20.0. The normalized spacial score (nSPS) is 13.7. The highest BCUT2D eigenvalue weighted by Gasteiger charge is 2.40. The highest BCUT2D eigenvalue weighted by atomic mass is 31.2. The first-order valence-corrected chi connectivity index (χ1v) is 24.1. The zero-order valence-corrected chi connectivity index (χ0v) is 38.6. The Labute approximate surface area is 350 Å². The minimum absolute atomic E-state index is 0.0814. The largest absolute Gasteiger partial charge is 0.647 e. The Morgan fingerprint density at radius 2 is 0.729 bits per heavy atom. The highest BCUT2D eigenvalue weighted by molar-refractivity contribution is 7.49. The molecule has 5 aromatic carbocycles. The van der Waals surface area contributed by atoms with Crippen molar-refractivity contribution in [3.05, 3.63) is 137 Å². The molecule has 316 valence electrons. The number of ether oxygens (including phenoxy) is 2. The number of rotatable bonds is 20. The Bertz CT molecular complexity index is 2140. The van der Waals surface area contributed by atoms with Crippen LogP contribution in [0.15, 0.2) is 103 Å². The summed E-state index contributed by atoms with van der Waals surface area (Å²) < 4.78 is 86.6. The maximum atomic E-state index is 14.8. The minimum atomic E-state index is -4.55. The fourth-order valence-corrected chi connectivity index (χ4v) is 10.7. The molecule has 0 saturated heterocycles. The van der Waals surface area contributed by atoms with Gasteiger partial charge in [0.1, 0.15) is 40.2 Å². The van der Waals surface area contributed by atoms with Gasteiger partial charge < -0.3 is 32.1 Å². The molecule has 0 radical (unpaired) electrons. The first-order chi connectivity index (χ1) is 28.1. The van der Waals surface area contributed by atoms with E-state index in [4.69, 9.17) is 32.1 Å². The molecule has 0 aromatic heterocycles. The van der Waals surface area contributed by atoms with Crippen molar-refractivity contribution < 1.29 is 45.8 Å². The average molecular weight is 863 g/mol. The van der Waals surface area contributed by atoms with Crippen LogP contribution in [0.1, 0.15) is 86.8 Å². The van der Waals surface area contributed by atoms with Gasteiger partial charge in [-0.1, -0.05) is 94.4 Å². The fourth-order valence-electron chi connectivity index (χ4n) is 6.72. The van der Waals surface area contributed by atoms with Crippen molar-refractivity contribution in [3.63, 3.8) is 0 Å². The maximum Gasteiger partial charge on any atom is 0.647 e. The van der Waals surface area contributed by atoms with Gasteiger partial charge >= 0.3 is 7.82 Å².